The number of rotatable bonds is 4. The number of nitrogens with zero attached hydrogens (tertiary/aromatic N) is 5. The second kappa shape index (κ2) is 7.49. The van der Waals surface area contributed by atoms with Gasteiger partial charge in [0.25, 0.3) is 5.91 Å². The number of ether oxygens (including phenoxy) is 1. The van der Waals surface area contributed by atoms with Crippen LogP contribution in [0.15, 0.2) is 45.4 Å². The van der Waals surface area contributed by atoms with Crippen LogP contribution in [0.1, 0.15) is 5.56 Å². The number of thioether (sulfide) groups is 1. The molecule has 0 radical (unpaired) electrons. The second-order valence-electron chi connectivity index (χ2n) is 4.60. The van der Waals surface area contributed by atoms with Gasteiger partial charge in [-0.15, -0.1) is 15.3 Å². The maximum absolute atomic E-state index is 11.7. The van der Waals surface area contributed by atoms with Gasteiger partial charge in [0.2, 0.25) is 5.82 Å². The first kappa shape index (κ1) is 16.5. The second-order valence-corrected chi connectivity index (χ2v) is 5.63. The lowest BCUT2D eigenvalue weighted by molar-refractivity contribution is -0.135. The SMILES string of the molecule is COC(=O)/C=C1/S/C(=N\N=Cc2cccc(-c3nn[nH]n3)c2)NC1=O. The molecule has 2 aromatic rings. The summed E-state index contributed by atoms with van der Waals surface area (Å²) in [6.07, 6.45) is 2.62. The predicted molar refractivity (Wildman–Crippen MR) is 90.5 cm³/mol. The molecule has 1 saturated heterocycles. The fourth-order valence-electron chi connectivity index (χ4n) is 1.83. The van der Waals surface area contributed by atoms with Gasteiger partial charge < -0.3 is 4.74 Å². The number of H-pyrrole nitrogens is 1. The summed E-state index contributed by atoms with van der Waals surface area (Å²) in [6.45, 7) is 0. The van der Waals surface area contributed by atoms with Crippen molar-refractivity contribution in [3.05, 3.63) is 40.8 Å². The molecule has 11 heteroatoms. The van der Waals surface area contributed by atoms with Crippen LogP contribution in [-0.2, 0) is 14.3 Å². The van der Waals surface area contributed by atoms with E-state index in [0.717, 1.165) is 29.0 Å². The highest BCUT2D eigenvalue weighted by Gasteiger charge is 2.24. The average Bonchev–Trinajstić information content (AvgIpc) is 3.26. The van der Waals surface area contributed by atoms with Gasteiger partial charge in [0.15, 0.2) is 5.17 Å². The van der Waals surface area contributed by atoms with Crippen molar-refractivity contribution in [2.75, 3.05) is 7.11 Å². The fraction of sp³-hybridized carbons (Fsp3) is 0.0714. The van der Waals surface area contributed by atoms with E-state index in [1.807, 2.05) is 24.3 Å². The molecule has 0 atom stereocenters. The number of amides is 1. The number of esters is 1. The van der Waals surface area contributed by atoms with Crippen molar-refractivity contribution < 1.29 is 14.3 Å². The first-order valence-electron chi connectivity index (χ1n) is 6.89. The van der Waals surface area contributed by atoms with Crippen molar-refractivity contribution in [2.45, 2.75) is 0 Å². The van der Waals surface area contributed by atoms with E-state index in [-0.39, 0.29) is 10.1 Å². The van der Waals surface area contributed by atoms with Gasteiger partial charge in [-0.3, -0.25) is 10.1 Å². The molecule has 0 unspecified atom stereocenters. The fourth-order valence-corrected chi connectivity index (χ4v) is 2.57. The van der Waals surface area contributed by atoms with Gasteiger partial charge in [-0.2, -0.15) is 10.3 Å². The van der Waals surface area contributed by atoms with Gasteiger partial charge in [0.05, 0.1) is 18.2 Å². The summed E-state index contributed by atoms with van der Waals surface area (Å²) in [5.41, 5.74) is 1.54. The van der Waals surface area contributed by atoms with Gasteiger partial charge >= 0.3 is 5.97 Å². The Kier molecular flexibility index (Phi) is 4.95. The number of benzene rings is 1. The number of hydrogen-bond acceptors (Lipinski definition) is 9. The Balaban J connectivity index is 1.70. The monoisotopic (exact) mass is 357 g/mol. The highest BCUT2D eigenvalue weighted by Crippen LogP contribution is 2.23. The van der Waals surface area contributed by atoms with E-state index in [9.17, 15) is 9.59 Å². The summed E-state index contributed by atoms with van der Waals surface area (Å²) in [5.74, 6) is -0.568. The highest BCUT2D eigenvalue weighted by atomic mass is 32.2. The molecular weight excluding hydrogens is 346 g/mol. The molecule has 1 amide bonds. The zero-order chi connectivity index (χ0) is 17.6. The first-order valence-corrected chi connectivity index (χ1v) is 7.71. The molecule has 1 aromatic heterocycles. The average molecular weight is 357 g/mol. The Hall–Kier alpha value is -3.34. The van der Waals surface area contributed by atoms with Crippen LogP contribution in [0.2, 0.25) is 0 Å². The minimum atomic E-state index is -0.610. The zero-order valence-electron chi connectivity index (χ0n) is 12.8. The number of carbonyl (C=O) groups is 2. The number of methoxy groups -OCH3 is 1. The molecule has 3 rings (SSSR count). The Labute approximate surface area is 145 Å². The van der Waals surface area contributed by atoms with Crippen LogP contribution >= 0.6 is 11.8 Å². The van der Waals surface area contributed by atoms with Gasteiger partial charge in [-0.1, -0.05) is 18.2 Å². The minimum Gasteiger partial charge on any atom is -0.466 e. The van der Waals surface area contributed by atoms with Crippen LogP contribution in [0.5, 0.6) is 0 Å². The first-order chi connectivity index (χ1) is 12.2. The third-order valence-corrected chi connectivity index (χ3v) is 3.85. The summed E-state index contributed by atoms with van der Waals surface area (Å²) in [5, 5.41) is 24.3. The molecule has 0 aliphatic carbocycles. The van der Waals surface area contributed by atoms with E-state index in [4.69, 9.17) is 0 Å². The predicted octanol–water partition coefficient (Wildman–Crippen LogP) is 0.476. The van der Waals surface area contributed by atoms with Crippen LogP contribution in [0.25, 0.3) is 11.4 Å². The topological polar surface area (TPSA) is 135 Å². The van der Waals surface area contributed by atoms with Crippen LogP contribution in [0.4, 0.5) is 0 Å². The summed E-state index contributed by atoms with van der Waals surface area (Å²) < 4.78 is 4.48. The quantitative estimate of drug-likeness (QED) is 0.351. The summed E-state index contributed by atoms with van der Waals surface area (Å²) >= 11 is 1.00. The molecule has 2 N–H and O–H groups in total. The van der Waals surface area contributed by atoms with Crippen LogP contribution < -0.4 is 5.32 Å². The number of hydrogen-bond donors (Lipinski definition) is 2. The Bertz CT molecular complexity index is 890. The molecule has 1 aliphatic heterocycles. The highest BCUT2D eigenvalue weighted by molar-refractivity contribution is 8.18. The van der Waals surface area contributed by atoms with Crippen molar-refractivity contribution >= 4 is 35.0 Å². The van der Waals surface area contributed by atoms with E-state index in [1.54, 1.807) is 0 Å². The lowest BCUT2D eigenvalue weighted by Gasteiger charge is -1.96. The van der Waals surface area contributed by atoms with Gasteiger partial charge in [0, 0.05) is 11.6 Å². The molecule has 0 saturated carbocycles. The van der Waals surface area contributed by atoms with E-state index in [0.29, 0.717) is 5.82 Å². The smallest absolute Gasteiger partial charge is 0.331 e. The van der Waals surface area contributed by atoms with E-state index < -0.39 is 11.9 Å². The van der Waals surface area contributed by atoms with E-state index in [2.05, 4.69) is 40.9 Å². The lowest BCUT2D eigenvalue weighted by Crippen LogP contribution is -2.19. The Morgan fingerprint density at radius 2 is 2.28 bits per heavy atom. The molecule has 2 heterocycles. The van der Waals surface area contributed by atoms with Gasteiger partial charge in [-0.05, 0) is 28.6 Å². The van der Waals surface area contributed by atoms with Crippen LogP contribution in [0, 0.1) is 0 Å². The number of aromatic nitrogens is 4. The number of carbonyl (C=O) groups excluding carboxylic acids is 2. The molecule has 0 spiro atoms. The summed E-state index contributed by atoms with van der Waals surface area (Å²) in [4.78, 5) is 23.0. The zero-order valence-corrected chi connectivity index (χ0v) is 13.6. The number of tetrazole rings is 1. The van der Waals surface area contributed by atoms with Crippen molar-refractivity contribution in [2.24, 2.45) is 10.2 Å². The van der Waals surface area contributed by atoms with Gasteiger partial charge in [-0.25, -0.2) is 4.79 Å². The standard InChI is InChI=1S/C14H11N7O3S/c1-24-11(22)6-10-13(23)16-14(25-10)19-15-7-8-3-2-4-9(5-8)12-17-20-21-18-12/h2-7H,1H3,(H,16,19,23)(H,17,18,20,21)/b10-6+,15-7?. The van der Waals surface area contributed by atoms with Crippen LogP contribution in [0.3, 0.4) is 0 Å². The molecule has 1 fully saturated rings. The number of aromatic amines is 1. The Morgan fingerprint density at radius 1 is 1.40 bits per heavy atom. The summed E-state index contributed by atoms with van der Waals surface area (Å²) in [7, 11) is 1.24. The molecule has 25 heavy (non-hydrogen) atoms. The van der Waals surface area contributed by atoms with Crippen LogP contribution in [-0.4, -0.2) is 51.0 Å². The number of amidine groups is 1. The molecular formula is C14H11N7O3S. The van der Waals surface area contributed by atoms with Crippen molar-refractivity contribution in [1.82, 2.24) is 25.9 Å². The number of nitrogens with one attached hydrogen (secondary N) is 2. The maximum atomic E-state index is 11.7. The lowest BCUT2D eigenvalue weighted by atomic mass is 10.1. The van der Waals surface area contributed by atoms with E-state index >= 15 is 0 Å². The molecule has 126 valence electrons. The van der Waals surface area contributed by atoms with Crippen molar-refractivity contribution in [3.63, 3.8) is 0 Å². The Morgan fingerprint density at radius 3 is 3.04 bits per heavy atom. The molecule has 1 aliphatic rings. The van der Waals surface area contributed by atoms with Gasteiger partial charge in [0.1, 0.15) is 0 Å². The van der Waals surface area contributed by atoms with E-state index in [1.165, 1.54) is 13.3 Å². The third-order valence-electron chi connectivity index (χ3n) is 2.95. The normalized spacial score (nSPS) is 17.4. The molecule has 1 aromatic carbocycles. The molecule has 0 bridgehead atoms. The molecule has 10 nitrogen and oxygen atoms in total. The largest absolute Gasteiger partial charge is 0.466 e. The van der Waals surface area contributed by atoms with Crippen molar-refractivity contribution in [1.29, 1.82) is 0 Å². The minimum absolute atomic E-state index is 0.194. The van der Waals surface area contributed by atoms with Crippen molar-refractivity contribution in [3.8, 4) is 11.4 Å². The third kappa shape index (κ3) is 4.14. The maximum Gasteiger partial charge on any atom is 0.331 e. The summed E-state index contributed by atoms with van der Waals surface area (Å²) in [6, 6.07) is 7.31.